The van der Waals surface area contributed by atoms with Crippen LogP contribution in [0, 0.1) is 5.82 Å². The molecule has 0 atom stereocenters. The molecule has 2 aromatic heterocycles. The van der Waals surface area contributed by atoms with Gasteiger partial charge in [0.05, 0.1) is 12.5 Å². The molecule has 0 unspecified atom stereocenters. The highest BCUT2D eigenvalue weighted by Crippen LogP contribution is 2.23. The van der Waals surface area contributed by atoms with E-state index in [1.54, 1.807) is 49.2 Å². The summed E-state index contributed by atoms with van der Waals surface area (Å²) >= 11 is 0. The highest BCUT2D eigenvalue weighted by Gasteiger charge is 2.08. The molecule has 144 valence electrons. The second-order valence-electron chi connectivity index (χ2n) is 6.36. The number of aromatic nitrogens is 1. The molecular formula is C23H17FN2O3. The molecule has 0 aliphatic heterocycles. The summed E-state index contributed by atoms with van der Waals surface area (Å²) in [6.45, 7) is 0.334. The third-order valence-electron chi connectivity index (χ3n) is 4.25. The Morgan fingerprint density at radius 2 is 1.86 bits per heavy atom. The molecule has 0 bridgehead atoms. The van der Waals surface area contributed by atoms with E-state index >= 15 is 0 Å². The Morgan fingerprint density at radius 3 is 2.66 bits per heavy atom. The summed E-state index contributed by atoms with van der Waals surface area (Å²) in [5.74, 6) is 0.416. The summed E-state index contributed by atoms with van der Waals surface area (Å²) in [6.07, 6.45) is 6.70. The molecule has 1 amide bonds. The topological polar surface area (TPSA) is 64.4 Å². The first-order valence-electron chi connectivity index (χ1n) is 8.95. The van der Waals surface area contributed by atoms with Gasteiger partial charge in [0.1, 0.15) is 17.3 Å². The first kappa shape index (κ1) is 18.4. The number of carbonyl (C=O) groups is 1. The number of furan rings is 1. The van der Waals surface area contributed by atoms with Gasteiger partial charge in [-0.15, -0.1) is 0 Å². The number of halogens is 1. The number of ether oxygens (including phenoxy) is 1. The third kappa shape index (κ3) is 4.68. The summed E-state index contributed by atoms with van der Waals surface area (Å²) in [7, 11) is 0. The van der Waals surface area contributed by atoms with Crippen molar-refractivity contribution in [2.75, 3.05) is 0 Å². The number of rotatable bonds is 6. The maximum absolute atomic E-state index is 13.0. The van der Waals surface area contributed by atoms with Gasteiger partial charge in [0.2, 0.25) is 0 Å². The van der Waals surface area contributed by atoms with Crippen LogP contribution in [0.4, 0.5) is 4.39 Å². The lowest BCUT2D eigenvalue weighted by molar-refractivity contribution is 0.0950. The lowest BCUT2D eigenvalue weighted by Crippen LogP contribution is -2.22. The fraction of sp³-hybridized carbons (Fsp3) is 0.0435. The van der Waals surface area contributed by atoms with E-state index in [1.807, 2.05) is 12.1 Å². The highest BCUT2D eigenvalue weighted by atomic mass is 19.1. The second-order valence-corrected chi connectivity index (χ2v) is 6.36. The summed E-state index contributed by atoms with van der Waals surface area (Å²) in [4.78, 5) is 16.7. The summed E-state index contributed by atoms with van der Waals surface area (Å²) in [6, 6.07) is 16.3. The van der Waals surface area contributed by atoms with Crippen LogP contribution in [0.2, 0.25) is 0 Å². The largest absolute Gasteiger partial charge is 0.472 e. The van der Waals surface area contributed by atoms with Crippen LogP contribution < -0.4 is 10.1 Å². The van der Waals surface area contributed by atoms with Crippen LogP contribution in [0.3, 0.4) is 0 Å². The summed E-state index contributed by atoms with van der Waals surface area (Å²) < 4.78 is 23.8. The predicted octanol–water partition coefficient (Wildman–Crippen LogP) is 5.20. The maximum atomic E-state index is 13.0. The number of nitrogens with zero attached hydrogens (tertiary/aromatic N) is 1. The van der Waals surface area contributed by atoms with Crippen LogP contribution in [0.1, 0.15) is 15.9 Å². The van der Waals surface area contributed by atoms with Gasteiger partial charge in [0, 0.05) is 35.6 Å². The van der Waals surface area contributed by atoms with E-state index < -0.39 is 0 Å². The molecule has 29 heavy (non-hydrogen) atoms. The van der Waals surface area contributed by atoms with Crippen molar-refractivity contribution >= 4 is 5.91 Å². The van der Waals surface area contributed by atoms with Crippen molar-refractivity contribution < 1.29 is 18.3 Å². The minimum atomic E-state index is -0.336. The molecule has 6 heteroatoms. The van der Waals surface area contributed by atoms with Gasteiger partial charge >= 0.3 is 0 Å². The van der Waals surface area contributed by atoms with Crippen LogP contribution in [-0.4, -0.2) is 10.9 Å². The van der Waals surface area contributed by atoms with Crippen LogP contribution >= 0.6 is 0 Å². The number of amides is 1. The van der Waals surface area contributed by atoms with Gasteiger partial charge in [-0.2, -0.15) is 0 Å². The van der Waals surface area contributed by atoms with Crippen molar-refractivity contribution in [3.05, 3.63) is 103 Å². The van der Waals surface area contributed by atoms with Crippen LogP contribution in [0.25, 0.3) is 11.1 Å². The Labute approximate surface area is 166 Å². The SMILES string of the molecule is O=C(NCc1cncc(-c2ccoc2)c1)c1cccc(Oc2ccc(F)cc2)c1. The summed E-state index contributed by atoms with van der Waals surface area (Å²) in [5, 5.41) is 2.88. The smallest absolute Gasteiger partial charge is 0.251 e. The average molecular weight is 388 g/mol. The van der Waals surface area contributed by atoms with Gasteiger partial charge in [0.15, 0.2) is 0 Å². The van der Waals surface area contributed by atoms with E-state index in [2.05, 4.69) is 10.3 Å². The minimum Gasteiger partial charge on any atom is -0.472 e. The molecule has 0 fully saturated rings. The number of hydrogen-bond acceptors (Lipinski definition) is 4. The fourth-order valence-corrected chi connectivity index (χ4v) is 2.79. The van der Waals surface area contributed by atoms with E-state index in [9.17, 15) is 9.18 Å². The third-order valence-corrected chi connectivity index (χ3v) is 4.25. The first-order chi connectivity index (χ1) is 14.2. The van der Waals surface area contributed by atoms with Crippen molar-refractivity contribution in [3.8, 4) is 22.6 Å². The number of benzene rings is 2. The molecule has 4 aromatic rings. The molecule has 0 saturated heterocycles. The van der Waals surface area contributed by atoms with Gasteiger partial charge in [-0.1, -0.05) is 6.07 Å². The molecule has 0 aliphatic carbocycles. The lowest BCUT2D eigenvalue weighted by atomic mass is 10.1. The van der Waals surface area contributed by atoms with E-state index in [0.717, 1.165) is 16.7 Å². The van der Waals surface area contributed by atoms with Gasteiger partial charge in [-0.05, 0) is 60.2 Å². The Hall–Kier alpha value is -3.93. The van der Waals surface area contributed by atoms with Gasteiger partial charge < -0.3 is 14.5 Å². The van der Waals surface area contributed by atoms with E-state index in [-0.39, 0.29) is 11.7 Å². The quantitative estimate of drug-likeness (QED) is 0.493. The van der Waals surface area contributed by atoms with Gasteiger partial charge in [-0.25, -0.2) is 4.39 Å². The Kier molecular flexibility index (Phi) is 5.33. The molecule has 5 nitrogen and oxygen atoms in total. The number of hydrogen-bond donors (Lipinski definition) is 1. The zero-order valence-electron chi connectivity index (χ0n) is 15.3. The number of carbonyl (C=O) groups excluding carboxylic acids is 1. The summed E-state index contributed by atoms with van der Waals surface area (Å²) in [5.41, 5.74) is 3.18. The molecule has 0 aliphatic rings. The molecular weight excluding hydrogens is 371 g/mol. The molecule has 0 saturated carbocycles. The zero-order chi connectivity index (χ0) is 20.1. The minimum absolute atomic E-state index is 0.233. The second kappa shape index (κ2) is 8.39. The van der Waals surface area contributed by atoms with Crippen molar-refractivity contribution in [1.29, 1.82) is 0 Å². The lowest BCUT2D eigenvalue weighted by Gasteiger charge is -2.09. The normalized spacial score (nSPS) is 10.5. The van der Waals surface area contributed by atoms with E-state index in [1.165, 1.54) is 24.3 Å². The predicted molar refractivity (Wildman–Crippen MR) is 106 cm³/mol. The van der Waals surface area contributed by atoms with Crippen LogP contribution in [0.15, 0.2) is 90.0 Å². The van der Waals surface area contributed by atoms with Gasteiger partial charge in [-0.3, -0.25) is 9.78 Å². The van der Waals surface area contributed by atoms with E-state index in [0.29, 0.717) is 23.6 Å². The van der Waals surface area contributed by atoms with E-state index in [4.69, 9.17) is 9.15 Å². The fourth-order valence-electron chi connectivity index (χ4n) is 2.79. The molecule has 0 spiro atoms. The monoisotopic (exact) mass is 388 g/mol. The molecule has 2 heterocycles. The first-order valence-corrected chi connectivity index (χ1v) is 8.95. The number of nitrogens with one attached hydrogen (secondary N) is 1. The standard InChI is InChI=1S/C23H17FN2O3/c24-20-4-6-21(7-5-20)29-22-3-1-2-17(11-22)23(27)26-13-16-10-19(14-25-12-16)18-8-9-28-15-18/h1-12,14-15H,13H2,(H,26,27). The molecule has 2 aromatic carbocycles. The van der Waals surface area contributed by atoms with Crippen molar-refractivity contribution in [2.45, 2.75) is 6.54 Å². The molecule has 4 rings (SSSR count). The van der Waals surface area contributed by atoms with Crippen LogP contribution in [-0.2, 0) is 6.54 Å². The van der Waals surface area contributed by atoms with Crippen molar-refractivity contribution in [2.24, 2.45) is 0 Å². The molecule has 1 N–H and O–H groups in total. The average Bonchev–Trinajstić information content (AvgIpc) is 3.29. The Morgan fingerprint density at radius 1 is 1.00 bits per heavy atom. The van der Waals surface area contributed by atoms with Crippen molar-refractivity contribution in [3.63, 3.8) is 0 Å². The van der Waals surface area contributed by atoms with Crippen molar-refractivity contribution in [1.82, 2.24) is 10.3 Å². The Balaban J connectivity index is 1.41. The van der Waals surface area contributed by atoms with Crippen LogP contribution in [0.5, 0.6) is 11.5 Å². The maximum Gasteiger partial charge on any atom is 0.251 e. The number of pyridine rings is 1. The Bertz CT molecular complexity index is 1110. The molecule has 0 radical (unpaired) electrons. The highest BCUT2D eigenvalue weighted by molar-refractivity contribution is 5.94. The zero-order valence-corrected chi connectivity index (χ0v) is 15.3. The van der Waals surface area contributed by atoms with Gasteiger partial charge in [0.25, 0.3) is 5.91 Å².